The Kier molecular flexibility index (Phi) is 3.95. The van der Waals surface area contributed by atoms with Crippen molar-refractivity contribution in [3.05, 3.63) is 35.9 Å². The van der Waals surface area contributed by atoms with E-state index in [4.69, 9.17) is 14.2 Å². The second-order valence-corrected chi connectivity index (χ2v) is 6.14. The molecule has 0 spiro atoms. The fraction of sp³-hybridized carbons (Fsp3) is 0.647. The summed E-state index contributed by atoms with van der Waals surface area (Å²) in [5.74, 6) is 0. The molecule has 0 N–H and O–H groups in total. The van der Waals surface area contributed by atoms with Crippen LogP contribution in [-0.4, -0.2) is 43.3 Å². The molecule has 1 aromatic rings. The molecule has 21 heavy (non-hydrogen) atoms. The number of hydrogen-bond donors (Lipinski definition) is 0. The lowest BCUT2D eigenvalue weighted by Gasteiger charge is -2.29. The van der Waals surface area contributed by atoms with Gasteiger partial charge in [-0.05, 0) is 31.2 Å². The van der Waals surface area contributed by atoms with Crippen molar-refractivity contribution in [3.8, 4) is 0 Å². The molecular weight excluding hydrogens is 266 g/mol. The van der Waals surface area contributed by atoms with Crippen LogP contribution in [0.1, 0.15) is 37.3 Å². The highest BCUT2D eigenvalue weighted by Gasteiger charge is 2.44. The van der Waals surface area contributed by atoms with Gasteiger partial charge in [0.2, 0.25) is 0 Å². The first-order valence-corrected chi connectivity index (χ1v) is 8.09. The molecule has 3 saturated heterocycles. The van der Waals surface area contributed by atoms with Crippen molar-refractivity contribution in [1.82, 2.24) is 4.90 Å². The van der Waals surface area contributed by atoms with Gasteiger partial charge in [-0.2, -0.15) is 0 Å². The molecule has 1 aromatic carbocycles. The maximum Gasteiger partial charge on any atom is 0.157 e. The minimum absolute atomic E-state index is 0.0164. The summed E-state index contributed by atoms with van der Waals surface area (Å²) in [4.78, 5) is 2.59. The number of benzene rings is 1. The van der Waals surface area contributed by atoms with Gasteiger partial charge in [0.05, 0.1) is 25.9 Å². The molecule has 4 heteroatoms. The lowest BCUT2D eigenvalue weighted by atomic mass is 10.0. The van der Waals surface area contributed by atoms with Crippen molar-refractivity contribution < 1.29 is 14.2 Å². The number of hydrogen-bond acceptors (Lipinski definition) is 4. The first kappa shape index (κ1) is 13.7. The van der Waals surface area contributed by atoms with Crippen LogP contribution in [0.25, 0.3) is 0 Å². The van der Waals surface area contributed by atoms with E-state index in [0.717, 1.165) is 39.1 Å². The molecule has 3 fully saturated rings. The maximum atomic E-state index is 6.01. The van der Waals surface area contributed by atoms with Crippen LogP contribution in [0.3, 0.4) is 0 Å². The highest BCUT2D eigenvalue weighted by molar-refractivity contribution is 5.21. The highest BCUT2D eigenvalue weighted by atomic mass is 16.7. The van der Waals surface area contributed by atoms with Gasteiger partial charge in [-0.15, -0.1) is 0 Å². The zero-order valence-corrected chi connectivity index (χ0v) is 12.3. The summed E-state index contributed by atoms with van der Waals surface area (Å²) in [6.45, 7) is 2.32. The van der Waals surface area contributed by atoms with Crippen LogP contribution in [0.2, 0.25) is 0 Å². The topological polar surface area (TPSA) is 30.9 Å². The van der Waals surface area contributed by atoms with E-state index in [-0.39, 0.29) is 6.29 Å². The van der Waals surface area contributed by atoms with Gasteiger partial charge in [-0.25, -0.2) is 0 Å². The molecule has 0 saturated carbocycles. The summed E-state index contributed by atoms with van der Waals surface area (Å²) < 4.78 is 17.1. The number of nitrogens with zero attached hydrogens (tertiary/aromatic N) is 1. The number of ether oxygens (including phenoxy) is 3. The van der Waals surface area contributed by atoms with Gasteiger partial charge in [-0.1, -0.05) is 30.3 Å². The van der Waals surface area contributed by atoms with Crippen molar-refractivity contribution in [2.24, 2.45) is 0 Å². The van der Waals surface area contributed by atoms with E-state index in [2.05, 4.69) is 35.2 Å². The van der Waals surface area contributed by atoms with E-state index in [1.807, 2.05) is 0 Å². The third kappa shape index (κ3) is 2.73. The molecule has 3 heterocycles. The molecule has 0 bridgehead atoms. The van der Waals surface area contributed by atoms with E-state index in [1.54, 1.807) is 0 Å². The van der Waals surface area contributed by atoms with Gasteiger partial charge < -0.3 is 14.2 Å². The van der Waals surface area contributed by atoms with E-state index in [0.29, 0.717) is 18.3 Å². The van der Waals surface area contributed by atoms with Crippen LogP contribution in [0, 0.1) is 0 Å². The number of rotatable bonds is 4. The van der Waals surface area contributed by atoms with Gasteiger partial charge >= 0.3 is 0 Å². The lowest BCUT2D eigenvalue weighted by molar-refractivity contribution is -0.0526. The Balaban J connectivity index is 1.43. The monoisotopic (exact) mass is 289 g/mol. The first-order valence-electron chi connectivity index (χ1n) is 8.09. The Morgan fingerprint density at radius 3 is 2.57 bits per heavy atom. The predicted molar refractivity (Wildman–Crippen MR) is 78.7 cm³/mol. The average molecular weight is 289 g/mol. The molecule has 3 unspecified atom stereocenters. The molecular formula is C17H23NO3. The number of fused-ring (bicyclic) bond motifs is 1. The summed E-state index contributed by atoms with van der Waals surface area (Å²) in [6, 6.07) is 11.8. The Hall–Kier alpha value is -0.940. The molecule has 4 nitrogen and oxygen atoms in total. The Bertz CT molecular complexity index is 460. The maximum absolute atomic E-state index is 6.01. The Morgan fingerprint density at radius 1 is 0.952 bits per heavy atom. The van der Waals surface area contributed by atoms with Gasteiger partial charge in [0.25, 0.3) is 0 Å². The standard InChI is InChI=1S/C17H23NO3/c1-2-4-13(5-3-1)15-12-21-16-8-6-14(18(15)16)7-9-17-19-10-11-20-17/h1-5,14-17H,6-12H2. The summed E-state index contributed by atoms with van der Waals surface area (Å²) in [5.41, 5.74) is 1.38. The molecule has 3 aliphatic heterocycles. The van der Waals surface area contributed by atoms with E-state index in [9.17, 15) is 0 Å². The van der Waals surface area contributed by atoms with Crippen LogP contribution < -0.4 is 0 Å². The molecule has 3 aliphatic rings. The summed E-state index contributed by atoms with van der Waals surface area (Å²) in [6.07, 6.45) is 4.83. The van der Waals surface area contributed by atoms with E-state index < -0.39 is 0 Å². The van der Waals surface area contributed by atoms with Crippen molar-refractivity contribution in [3.63, 3.8) is 0 Å². The molecule has 0 radical (unpaired) electrons. The minimum Gasteiger partial charge on any atom is -0.361 e. The van der Waals surface area contributed by atoms with E-state index in [1.165, 1.54) is 12.0 Å². The van der Waals surface area contributed by atoms with E-state index >= 15 is 0 Å². The van der Waals surface area contributed by atoms with Crippen molar-refractivity contribution >= 4 is 0 Å². The second kappa shape index (κ2) is 6.05. The molecule has 3 atom stereocenters. The van der Waals surface area contributed by atoms with Gasteiger partial charge in [-0.3, -0.25) is 4.90 Å². The van der Waals surface area contributed by atoms with Gasteiger partial charge in [0, 0.05) is 6.04 Å². The molecule has 0 amide bonds. The van der Waals surface area contributed by atoms with Crippen molar-refractivity contribution in [1.29, 1.82) is 0 Å². The quantitative estimate of drug-likeness (QED) is 0.853. The van der Waals surface area contributed by atoms with Gasteiger partial charge in [0.1, 0.15) is 6.23 Å². The third-order valence-electron chi connectivity index (χ3n) is 4.92. The second-order valence-electron chi connectivity index (χ2n) is 6.14. The van der Waals surface area contributed by atoms with Crippen molar-refractivity contribution in [2.45, 2.75) is 50.3 Å². The molecule has 114 valence electrons. The zero-order chi connectivity index (χ0) is 14.1. The van der Waals surface area contributed by atoms with Crippen LogP contribution >= 0.6 is 0 Å². The molecule has 4 rings (SSSR count). The highest BCUT2D eigenvalue weighted by Crippen LogP contribution is 2.41. The molecule has 0 aliphatic carbocycles. The summed E-state index contributed by atoms with van der Waals surface area (Å²) in [5, 5.41) is 0. The fourth-order valence-electron chi connectivity index (χ4n) is 3.92. The lowest BCUT2D eigenvalue weighted by Crippen LogP contribution is -2.35. The normalized spacial score (nSPS) is 33.6. The predicted octanol–water partition coefficient (Wildman–Crippen LogP) is 2.70. The summed E-state index contributed by atoms with van der Waals surface area (Å²) in [7, 11) is 0. The Morgan fingerprint density at radius 2 is 1.76 bits per heavy atom. The minimum atomic E-state index is 0.0164. The fourth-order valence-corrected chi connectivity index (χ4v) is 3.92. The van der Waals surface area contributed by atoms with Crippen LogP contribution in [0.4, 0.5) is 0 Å². The first-order chi connectivity index (χ1) is 10.4. The van der Waals surface area contributed by atoms with Crippen LogP contribution in [0.5, 0.6) is 0 Å². The van der Waals surface area contributed by atoms with Gasteiger partial charge in [0.15, 0.2) is 6.29 Å². The SMILES string of the molecule is c1ccc(C2COC3CCC(CCC4OCCO4)N32)cc1. The largest absolute Gasteiger partial charge is 0.361 e. The smallest absolute Gasteiger partial charge is 0.157 e. The summed E-state index contributed by atoms with van der Waals surface area (Å²) >= 11 is 0. The van der Waals surface area contributed by atoms with Crippen molar-refractivity contribution in [2.75, 3.05) is 19.8 Å². The Labute approximate surface area is 126 Å². The molecule has 0 aromatic heterocycles. The van der Waals surface area contributed by atoms with Crippen LogP contribution in [-0.2, 0) is 14.2 Å². The average Bonchev–Trinajstić information content (AvgIpc) is 3.24. The zero-order valence-electron chi connectivity index (χ0n) is 12.3. The third-order valence-corrected chi connectivity index (χ3v) is 4.92. The van der Waals surface area contributed by atoms with Crippen LogP contribution in [0.15, 0.2) is 30.3 Å².